The topological polar surface area (TPSA) is 113 Å². The summed E-state index contributed by atoms with van der Waals surface area (Å²) in [5.74, 6) is -1.41. The second-order valence-corrected chi connectivity index (χ2v) is 6.79. The Bertz CT molecular complexity index is 831. The van der Waals surface area contributed by atoms with Crippen LogP contribution in [0.3, 0.4) is 0 Å². The normalized spacial score (nSPS) is 11.9. The van der Waals surface area contributed by atoms with Gasteiger partial charge in [0.15, 0.2) is 0 Å². The van der Waals surface area contributed by atoms with E-state index in [0.29, 0.717) is 37.2 Å². The molecule has 0 fully saturated rings. The van der Waals surface area contributed by atoms with Crippen molar-refractivity contribution in [1.29, 1.82) is 0 Å². The fourth-order valence-corrected chi connectivity index (χ4v) is 3.07. The van der Waals surface area contributed by atoms with Crippen molar-refractivity contribution in [3.63, 3.8) is 0 Å². The molecular formula is C20H28N4O4. The van der Waals surface area contributed by atoms with E-state index in [2.05, 4.69) is 15.6 Å². The van der Waals surface area contributed by atoms with E-state index in [1.54, 1.807) is 4.40 Å². The Morgan fingerprint density at radius 3 is 2.71 bits per heavy atom. The van der Waals surface area contributed by atoms with Crippen LogP contribution in [-0.2, 0) is 9.59 Å². The fourth-order valence-electron chi connectivity index (χ4n) is 3.07. The summed E-state index contributed by atoms with van der Waals surface area (Å²) in [5, 5.41) is 14.5. The van der Waals surface area contributed by atoms with E-state index < -0.39 is 12.0 Å². The average molecular weight is 388 g/mol. The van der Waals surface area contributed by atoms with Gasteiger partial charge in [0, 0.05) is 19.2 Å². The molecule has 0 aromatic carbocycles. The van der Waals surface area contributed by atoms with Crippen molar-refractivity contribution in [3.8, 4) is 0 Å². The number of carboxylic acids is 1. The molecule has 0 bridgehead atoms. The lowest BCUT2D eigenvalue weighted by Gasteiger charge is -2.13. The van der Waals surface area contributed by atoms with Gasteiger partial charge in [-0.1, -0.05) is 25.8 Å². The summed E-state index contributed by atoms with van der Waals surface area (Å²) < 4.78 is 1.77. The number of carboxylic acid groups (broad SMARTS) is 1. The van der Waals surface area contributed by atoms with Crippen molar-refractivity contribution < 1.29 is 19.5 Å². The first kappa shape index (κ1) is 21.4. The van der Waals surface area contributed by atoms with Crippen molar-refractivity contribution in [1.82, 2.24) is 20.0 Å². The number of rotatable bonds is 11. The lowest BCUT2D eigenvalue weighted by molar-refractivity contribution is -0.142. The standard InChI is InChI=1S/C20H28N4O4/c1-3-9-15(20(27)28)23-17(25)11-5-4-7-12-21-19(26)18-14(2)22-16-10-6-8-13-24(16)18/h6,8,10,13,15H,3-5,7,9,11-12H2,1-2H3,(H,21,26)(H,23,25)(H,27,28). The number of aryl methyl sites for hydroxylation is 1. The second-order valence-electron chi connectivity index (χ2n) is 6.79. The number of amides is 2. The lowest BCUT2D eigenvalue weighted by atomic mass is 10.1. The highest BCUT2D eigenvalue weighted by molar-refractivity contribution is 5.94. The molecule has 3 N–H and O–H groups in total. The molecule has 0 aliphatic heterocycles. The average Bonchev–Trinajstić information content (AvgIpc) is 2.99. The van der Waals surface area contributed by atoms with Crippen LogP contribution in [0, 0.1) is 6.92 Å². The minimum atomic E-state index is -0.999. The van der Waals surface area contributed by atoms with Gasteiger partial charge in [0.2, 0.25) is 5.91 Å². The van der Waals surface area contributed by atoms with E-state index in [-0.39, 0.29) is 18.2 Å². The van der Waals surface area contributed by atoms with Crippen LogP contribution in [0.1, 0.15) is 61.6 Å². The lowest BCUT2D eigenvalue weighted by Crippen LogP contribution is -2.40. The summed E-state index contributed by atoms with van der Waals surface area (Å²) in [6.07, 6.45) is 5.38. The molecule has 0 aliphatic carbocycles. The van der Waals surface area contributed by atoms with Crippen LogP contribution in [-0.4, -0.2) is 44.9 Å². The number of hydrogen-bond donors (Lipinski definition) is 3. The number of hydrogen-bond acceptors (Lipinski definition) is 4. The maximum Gasteiger partial charge on any atom is 0.326 e. The van der Waals surface area contributed by atoms with Crippen LogP contribution in [0.15, 0.2) is 24.4 Å². The van der Waals surface area contributed by atoms with Gasteiger partial charge in [-0.2, -0.15) is 0 Å². The smallest absolute Gasteiger partial charge is 0.326 e. The molecule has 2 amide bonds. The predicted octanol–water partition coefficient (Wildman–Crippen LogP) is 2.30. The Morgan fingerprint density at radius 2 is 2.00 bits per heavy atom. The van der Waals surface area contributed by atoms with E-state index in [0.717, 1.165) is 18.5 Å². The third-order valence-electron chi connectivity index (χ3n) is 4.50. The minimum absolute atomic E-state index is 0.169. The van der Waals surface area contributed by atoms with E-state index >= 15 is 0 Å². The molecule has 2 heterocycles. The number of unbranched alkanes of at least 4 members (excludes halogenated alkanes) is 2. The number of nitrogens with zero attached hydrogens (tertiary/aromatic N) is 2. The molecule has 2 rings (SSSR count). The quantitative estimate of drug-likeness (QED) is 0.511. The first-order valence-corrected chi connectivity index (χ1v) is 9.68. The zero-order valence-electron chi connectivity index (χ0n) is 16.4. The maximum atomic E-state index is 12.4. The van der Waals surface area contributed by atoms with Crippen LogP contribution >= 0.6 is 0 Å². The highest BCUT2D eigenvalue weighted by Gasteiger charge is 2.18. The van der Waals surface area contributed by atoms with Gasteiger partial charge in [-0.25, -0.2) is 9.78 Å². The summed E-state index contributed by atoms with van der Waals surface area (Å²) >= 11 is 0. The van der Waals surface area contributed by atoms with E-state index in [1.807, 2.05) is 38.2 Å². The second kappa shape index (κ2) is 10.4. The zero-order chi connectivity index (χ0) is 20.5. The van der Waals surface area contributed by atoms with E-state index in [4.69, 9.17) is 5.11 Å². The molecular weight excluding hydrogens is 360 g/mol. The van der Waals surface area contributed by atoms with Crippen LogP contribution in [0.5, 0.6) is 0 Å². The van der Waals surface area contributed by atoms with Gasteiger partial charge in [-0.3, -0.25) is 14.0 Å². The molecule has 0 radical (unpaired) electrons. The van der Waals surface area contributed by atoms with Crippen molar-refractivity contribution in [2.24, 2.45) is 0 Å². The van der Waals surface area contributed by atoms with Gasteiger partial charge in [0.05, 0.1) is 5.69 Å². The molecule has 0 saturated heterocycles. The largest absolute Gasteiger partial charge is 0.480 e. The third kappa shape index (κ3) is 5.80. The SMILES string of the molecule is CCCC(NC(=O)CCCCCNC(=O)c1c(C)nc2ccccn12)C(=O)O. The molecule has 0 spiro atoms. The first-order chi connectivity index (χ1) is 13.4. The molecule has 152 valence electrons. The molecule has 1 unspecified atom stereocenters. The maximum absolute atomic E-state index is 12.4. The van der Waals surface area contributed by atoms with Gasteiger partial charge >= 0.3 is 5.97 Å². The van der Waals surface area contributed by atoms with Gasteiger partial charge in [0.25, 0.3) is 5.91 Å². The number of carbonyl (C=O) groups excluding carboxylic acids is 2. The highest BCUT2D eigenvalue weighted by Crippen LogP contribution is 2.11. The number of aromatic nitrogens is 2. The molecule has 8 nitrogen and oxygen atoms in total. The summed E-state index contributed by atoms with van der Waals surface area (Å²) in [4.78, 5) is 39.7. The molecule has 2 aromatic heterocycles. The first-order valence-electron chi connectivity index (χ1n) is 9.68. The molecule has 0 saturated carbocycles. The molecule has 2 aromatic rings. The van der Waals surface area contributed by atoms with Crippen LogP contribution in [0.25, 0.3) is 5.65 Å². The number of fused-ring (bicyclic) bond motifs is 1. The third-order valence-corrected chi connectivity index (χ3v) is 4.50. The fraction of sp³-hybridized carbons (Fsp3) is 0.500. The number of nitrogens with one attached hydrogen (secondary N) is 2. The van der Waals surface area contributed by atoms with Gasteiger partial charge < -0.3 is 15.7 Å². The molecule has 8 heteroatoms. The summed E-state index contributed by atoms with van der Waals surface area (Å²) in [6, 6.07) is 4.77. The summed E-state index contributed by atoms with van der Waals surface area (Å²) in [5.41, 5.74) is 1.95. The summed E-state index contributed by atoms with van der Waals surface area (Å²) in [6.45, 7) is 4.20. The van der Waals surface area contributed by atoms with Gasteiger partial charge in [-0.05, 0) is 38.3 Å². The number of aliphatic carboxylic acids is 1. The number of imidazole rings is 1. The zero-order valence-corrected chi connectivity index (χ0v) is 16.4. The highest BCUT2D eigenvalue weighted by atomic mass is 16.4. The van der Waals surface area contributed by atoms with Crippen molar-refractivity contribution in [2.75, 3.05) is 6.54 Å². The van der Waals surface area contributed by atoms with Gasteiger partial charge in [0.1, 0.15) is 17.4 Å². The van der Waals surface area contributed by atoms with E-state index in [9.17, 15) is 14.4 Å². The Kier molecular flexibility index (Phi) is 7.98. The Morgan fingerprint density at radius 1 is 1.21 bits per heavy atom. The van der Waals surface area contributed by atoms with Crippen molar-refractivity contribution in [3.05, 3.63) is 35.8 Å². The number of pyridine rings is 1. The Hall–Kier alpha value is -2.90. The molecule has 1 atom stereocenters. The van der Waals surface area contributed by atoms with Crippen LogP contribution in [0.2, 0.25) is 0 Å². The number of carbonyl (C=O) groups is 3. The molecule has 0 aliphatic rings. The van der Waals surface area contributed by atoms with Crippen LogP contribution in [0.4, 0.5) is 0 Å². The predicted molar refractivity (Wildman–Crippen MR) is 105 cm³/mol. The summed E-state index contributed by atoms with van der Waals surface area (Å²) in [7, 11) is 0. The van der Waals surface area contributed by atoms with Crippen LogP contribution < -0.4 is 10.6 Å². The Balaban J connectivity index is 1.69. The van der Waals surface area contributed by atoms with Gasteiger partial charge in [-0.15, -0.1) is 0 Å². The molecule has 28 heavy (non-hydrogen) atoms. The Labute approximate surface area is 164 Å². The van der Waals surface area contributed by atoms with E-state index in [1.165, 1.54) is 0 Å². The minimum Gasteiger partial charge on any atom is -0.480 e. The van der Waals surface area contributed by atoms with Crippen molar-refractivity contribution in [2.45, 2.75) is 58.4 Å². The van der Waals surface area contributed by atoms with Crippen molar-refractivity contribution >= 4 is 23.4 Å². The monoisotopic (exact) mass is 388 g/mol.